The Morgan fingerprint density at radius 3 is 2.40 bits per heavy atom. The summed E-state index contributed by atoms with van der Waals surface area (Å²) >= 11 is 0. The predicted molar refractivity (Wildman–Crippen MR) is 61.7 cm³/mol. The molecule has 0 saturated heterocycles. The second-order valence-electron chi connectivity index (χ2n) is 6.23. The molecule has 88 valence electrons. The van der Waals surface area contributed by atoms with Crippen LogP contribution in [0.3, 0.4) is 0 Å². The number of hydrogen-bond donors (Lipinski definition) is 1. The van der Waals surface area contributed by atoms with E-state index in [2.05, 4.69) is 20.8 Å². The zero-order chi connectivity index (χ0) is 11.7. The van der Waals surface area contributed by atoms with Crippen molar-refractivity contribution in [2.75, 3.05) is 0 Å². The number of rotatable bonds is 3. The molecule has 0 spiro atoms. The fraction of sp³-hybridized carbons (Fsp3) is 0.923. The molecule has 0 aromatic heterocycles. The van der Waals surface area contributed by atoms with Gasteiger partial charge in [0.05, 0.1) is 6.10 Å². The minimum absolute atomic E-state index is 0.196. The lowest BCUT2D eigenvalue weighted by atomic mass is 9.62. The van der Waals surface area contributed by atoms with Gasteiger partial charge in [0.1, 0.15) is 5.78 Å². The molecule has 2 nitrogen and oxygen atoms in total. The molecular weight excluding hydrogens is 188 g/mol. The van der Waals surface area contributed by atoms with Gasteiger partial charge in [0.25, 0.3) is 0 Å². The topological polar surface area (TPSA) is 37.3 Å². The highest BCUT2D eigenvalue weighted by atomic mass is 16.3. The lowest BCUT2D eigenvalue weighted by Crippen LogP contribution is -2.38. The quantitative estimate of drug-likeness (QED) is 0.781. The number of aliphatic hydroxyl groups is 1. The largest absolute Gasteiger partial charge is 0.393 e. The number of carbonyl (C=O) groups is 1. The molecule has 2 heteroatoms. The van der Waals surface area contributed by atoms with Crippen LogP contribution in [0.2, 0.25) is 0 Å². The normalized spacial score (nSPS) is 32.3. The monoisotopic (exact) mass is 212 g/mol. The fourth-order valence-corrected chi connectivity index (χ4v) is 2.94. The second-order valence-corrected chi connectivity index (χ2v) is 6.23. The summed E-state index contributed by atoms with van der Waals surface area (Å²) in [4.78, 5) is 12.1. The second kappa shape index (κ2) is 4.25. The zero-order valence-corrected chi connectivity index (χ0v) is 10.5. The molecule has 1 fully saturated rings. The third-order valence-corrected chi connectivity index (χ3v) is 3.60. The maximum atomic E-state index is 12.1. The lowest BCUT2D eigenvalue weighted by molar-refractivity contribution is -0.133. The molecule has 0 amide bonds. The minimum atomic E-state index is -0.501. The van der Waals surface area contributed by atoms with Gasteiger partial charge in [-0.15, -0.1) is 0 Å². The first-order valence-electron chi connectivity index (χ1n) is 5.97. The molecule has 0 bridgehead atoms. The zero-order valence-electron chi connectivity index (χ0n) is 10.5. The van der Waals surface area contributed by atoms with Crippen LogP contribution >= 0.6 is 0 Å². The van der Waals surface area contributed by atoms with Crippen LogP contribution in [0.4, 0.5) is 0 Å². The smallest absolute Gasteiger partial charge is 0.141 e. The molecule has 15 heavy (non-hydrogen) atoms. The van der Waals surface area contributed by atoms with Crippen molar-refractivity contribution in [1.82, 2.24) is 0 Å². The summed E-state index contributed by atoms with van der Waals surface area (Å²) in [5.74, 6) is 0.241. The average molecular weight is 212 g/mol. The van der Waals surface area contributed by atoms with E-state index in [4.69, 9.17) is 0 Å². The molecule has 2 atom stereocenters. The minimum Gasteiger partial charge on any atom is -0.393 e. The van der Waals surface area contributed by atoms with Crippen LogP contribution in [0.25, 0.3) is 0 Å². The Kier molecular flexibility index (Phi) is 3.59. The molecular formula is C13H24O2. The first-order chi connectivity index (χ1) is 6.75. The Morgan fingerprint density at radius 2 is 1.93 bits per heavy atom. The van der Waals surface area contributed by atoms with E-state index in [-0.39, 0.29) is 16.6 Å². The third-order valence-electron chi connectivity index (χ3n) is 3.60. The maximum absolute atomic E-state index is 12.1. The van der Waals surface area contributed by atoms with Crippen LogP contribution in [0.5, 0.6) is 0 Å². The molecule has 1 N–H and O–H groups in total. The van der Waals surface area contributed by atoms with Crippen molar-refractivity contribution in [2.45, 2.75) is 65.9 Å². The first kappa shape index (κ1) is 12.7. The highest BCUT2D eigenvalue weighted by Gasteiger charge is 2.41. The molecule has 1 aliphatic carbocycles. The summed E-state index contributed by atoms with van der Waals surface area (Å²) < 4.78 is 0. The van der Waals surface area contributed by atoms with Crippen molar-refractivity contribution < 1.29 is 9.90 Å². The Labute approximate surface area is 93.1 Å². The summed E-state index contributed by atoms with van der Waals surface area (Å²) in [5.41, 5.74) is 0.0834. The molecule has 1 aliphatic rings. The molecule has 1 saturated carbocycles. The third kappa shape index (κ3) is 3.30. The molecule has 2 unspecified atom stereocenters. The Hall–Kier alpha value is -0.370. The van der Waals surface area contributed by atoms with Gasteiger partial charge in [0.2, 0.25) is 0 Å². The number of hydrogen-bond acceptors (Lipinski definition) is 2. The van der Waals surface area contributed by atoms with Crippen LogP contribution in [0.1, 0.15) is 59.8 Å². The van der Waals surface area contributed by atoms with Gasteiger partial charge in [-0.05, 0) is 31.6 Å². The molecule has 0 aliphatic heterocycles. The molecule has 0 heterocycles. The van der Waals surface area contributed by atoms with Gasteiger partial charge < -0.3 is 5.11 Å². The van der Waals surface area contributed by atoms with Crippen LogP contribution in [0.15, 0.2) is 0 Å². The summed E-state index contributed by atoms with van der Waals surface area (Å²) in [5, 5.41) is 9.28. The van der Waals surface area contributed by atoms with Crippen molar-refractivity contribution >= 4 is 5.78 Å². The van der Waals surface area contributed by atoms with Crippen molar-refractivity contribution in [3.05, 3.63) is 0 Å². The first-order valence-corrected chi connectivity index (χ1v) is 5.97. The van der Waals surface area contributed by atoms with E-state index in [1.165, 1.54) is 6.42 Å². The average Bonchev–Trinajstić information content (AvgIpc) is 1.99. The number of ketones is 1. The summed E-state index contributed by atoms with van der Waals surface area (Å²) in [6.45, 7) is 8.23. The number of Topliss-reactive ketones (excluding diaryl/α,β-unsaturated/α-hetero) is 1. The summed E-state index contributed by atoms with van der Waals surface area (Å²) in [7, 11) is 0. The van der Waals surface area contributed by atoms with Crippen LogP contribution in [0, 0.1) is 10.8 Å². The van der Waals surface area contributed by atoms with E-state index in [9.17, 15) is 9.90 Å². The Morgan fingerprint density at radius 1 is 1.33 bits per heavy atom. The molecule has 1 rings (SSSR count). The van der Waals surface area contributed by atoms with Crippen LogP contribution < -0.4 is 0 Å². The van der Waals surface area contributed by atoms with Crippen molar-refractivity contribution in [2.24, 2.45) is 10.8 Å². The van der Waals surface area contributed by atoms with E-state index >= 15 is 0 Å². The van der Waals surface area contributed by atoms with E-state index in [0.717, 1.165) is 19.3 Å². The van der Waals surface area contributed by atoms with Crippen molar-refractivity contribution in [3.63, 3.8) is 0 Å². The SMILES string of the molecule is CC(O)CC(=O)C1(C)CCCC(C)(C)C1. The highest BCUT2D eigenvalue weighted by Crippen LogP contribution is 2.46. The van der Waals surface area contributed by atoms with Crippen LogP contribution in [-0.2, 0) is 4.79 Å². The number of carbonyl (C=O) groups excluding carboxylic acids is 1. The summed E-state index contributed by atoms with van der Waals surface area (Å²) in [6, 6.07) is 0. The van der Waals surface area contributed by atoms with E-state index in [1.807, 2.05) is 0 Å². The van der Waals surface area contributed by atoms with E-state index in [1.54, 1.807) is 6.92 Å². The predicted octanol–water partition coefficient (Wildman–Crippen LogP) is 2.93. The fourth-order valence-electron chi connectivity index (χ4n) is 2.94. The van der Waals surface area contributed by atoms with E-state index < -0.39 is 6.10 Å². The van der Waals surface area contributed by atoms with Gasteiger partial charge in [-0.3, -0.25) is 4.79 Å². The van der Waals surface area contributed by atoms with E-state index in [0.29, 0.717) is 6.42 Å². The standard InChI is InChI=1S/C13H24O2/c1-10(14)8-11(15)13(4)7-5-6-12(2,3)9-13/h10,14H,5-9H2,1-4H3. The lowest BCUT2D eigenvalue weighted by Gasteiger charge is -2.42. The molecule has 0 aromatic rings. The summed E-state index contributed by atoms with van der Waals surface area (Å²) in [6.07, 6.45) is 4.11. The van der Waals surface area contributed by atoms with Gasteiger partial charge in [0.15, 0.2) is 0 Å². The highest BCUT2D eigenvalue weighted by molar-refractivity contribution is 5.85. The van der Waals surface area contributed by atoms with Gasteiger partial charge in [0, 0.05) is 11.8 Å². The van der Waals surface area contributed by atoms with Gasteiger partial charge in [-0.1, -0.05) is 27.2 Å². The Bertz CT molecular complexity index is 243. The Balaban J connectivity index is 2.69. The van der Waals surface area contributed by atoms with Crippen molar-refractivity contribution in [3.8, 4) is 0 Å². The molecule has 0 radical (unpaired) electrons. The number of aliphatic hydroxyl groups excluding tert-OH is 1. The van der Waals surface area contributed by atoms with Gasteiger partial charge in [-0.2, -0.15) is 0 Å². The molecule has 0 aromatic carbocycles. The van der Waals surface area contributed by atoms with Crippen LogP contribution in [-0.4, -0.2) is 17.0 Å². The maximum Gasteiger partial charge on any atom is 0.141 e. The van der Waals surface area contributed by atoms with Gasteiger partial charge >= 0.3 is 0 Å². The van der Waals surface area contributed by atoms with Crippen molar-refractivity contribution in [1.29, 1.82) is 0 Å². The van der Waals surface area contributed by atoms with Gasteiger partial charge in [-0.25, -0.2) is 0 Å².